The Morgan fingerprint density at radius 1 is 1.23 bits per heavy atom. The summed E-state index contributed by atoms with van der Waals surface area (Å²) < 4.78 is 11.9. The first-order chi connectivity index (χ1) is 17.0. The normalized spacial score (nSPS) is 16.1. The number of aliphatic carboxylic acids is 1. The smallest absolute Gasteiger partial charge is 0.307 e. The van der Waals surface area contributed by atoms with Crippen LogP contribution in [0.2, 0.25) is 0 Å². The molecular formula is C28H29N3O4. The summed E-state index contributed by atoms with van der Waals surface area (Å²) in [5.41, 5.74) is 4.09. The second kappa shape index (κ2) is 10.9. The highest BCUT2D eigenvalue weighted by Gasteiger charge is 2.30. The first-order valence-electron chi connectivity index (χ1n) is 11.6. The lowest BCUT2D eigenvalue weighted by atomic mass is 9.94. The van der Waals surface area contributed by atoms with Crippen LogP contribution in [0.15, 0.2) is 66.7 Å². The van der Waals surface area contributed by atoms with Crippen LogP contribution >= 0.6 is 0 Å². The van der Waals surface area contributed by atoms with Gasteiger partial charge in [-0.05, 0) is 40.8 Å². The van der Waals surface area contributed by atoms with Crippen LogP contribution in [0.4, 0.5) is 5.69 Å². The van der Waals surface area contributed by atoms with Gasteiger partial charge < -0.3 is 25.2 Å². The summed E-state index contributed by atoms with van der Waals surface area (Å²) in [7, 11) is 1.62. The van der Waals surface area contributed by atoms with Crippen molar-refractivity contribution >= 4 is 11.7 Å². The van der Waals surface area contributed by atoms with Gasteiger partial charge in [0.25, 0.3) is 0 Å². The molecule has 3 N–H and O–H groups in total. The zero-order valence-corrected chi connectivity index (χ0v) is 19.8. The lowest BCUT2D eigenvalue weighted by Gasteiger charge is -2.35. The highest BCUT2D eigenvalue weighted by atomic mass is 16.5. The number of ether oxygens (including phenoxy) is 2. The zero-order chi connectivity index (χ0) is 24.8. The van der Waals surface area contributed by atoms with Crippen molar-refractivity contribution in [1.82, 2.24) is 5.32 Å². The molecule has 0 aliphatic carbocycles. The number of hydrogen-bond acceptors (Lipinski definition) is 6. The predicted molar refractivity (Wildman–Crippen MR) is 134 cm³/mol. The topological polar surface area (TPSA) is 104 Å². The molecule has 4 rings (SSSR count). The first kappa shape index (κ1) is 24.1. The molecular weight excluding hydrogens is 442 g/mol. The number of methoxy groups -OCH3 is 1. The second-order valence-electron chi connectivity index (χ2n) is 8.68. The van der Waals surface area contributed by atoms with Crippen molar-refractivity contribution in [2.45, 2.75) is 31.4 Å². The van der Waals surface area contributed by atoms with Gasteiger partial charge in [0, 0.05) is 6.54 Å². The van der Waals surface area contributed by atoms with Crippen molar-refractivity contribution < 1.29 is 19.4 Å². The molecule has 0 radical (unpaired) electrons. The van der Waals surface area contributed by atoms with Gasteiger partial charge in [0.15, 0.2) is 5.75 Å². The molecule has 0 spiro atoms. The van der Waals surface area contributed by atoms with Crippen molar-refractivity contribution in [2.24, 2.45) is 0 Å². The molecule has 1 aliphatic heterocycles. The largest absolute Gasteiger partial charge is 0.496 e. The Kier molecular flexibility index (Phi) is 7.54. The minimum absolute atomic E-state index is 0.0357. The Labute approximate surface area is 205 Å². The van der Waals surface area contributed by atoms with Crippen LogP contribution in [0, 0.1) is 11.3 Å². The summed E-state index contributed by atoms with van der Waals surface area (Å²) in [5, 5.41) is 25.8. The number of nitrogens with one attached hydrogen (secondary N) is 2. The molecule has 0 unspecified atom stereocenters. The summed E-state index contributed by atoms with van der Waals surface area (Å²) in [4.78, 5) is 11.2. The predicted octanol–water partition coefficient (Wildman–Crippen LogP) is 4.50. The van der Waals surface area contributed by atoms with Crippen LogP contribution in [0.3, 0.4) is 0 Å². The van der Waals surface area contributed by atoms with Crippen LogP contribution < -0.4 is 20.1 Å². The van der Waals surface area contributed by atoms with Crippen molar-refractivity contribution in [2.75, 3.05) is 25.5 Å². The summed E-state index contributed by atoms with van der Waals surface area (Å²) in [6.45, 7) is 3.28. The first-order valence-corrected chi connectivity index (χ1v) is 11.6. The van der Waals surface area contributed by atoms with Gasteiger partial charge in [-0.3, -0.25) is 4.79 Å². The Morgan fingerprint density at radius 3 is 2.74 bits per heavy atom. The Morgan fingerprint density at radius 2 is 2.03 bits per heavy atom. The minimum Gasteiger partial charge on any atom is -0.496 e. The molecule has 0 aromatic heterocycles. The van der Waals surface area contributed by atoms with Gasteiger partial charge in [-0.25, -0.2) is 0 Å². The van der Waals surface area contributed by atoms with Crippen LogP contribution in [-0.4, -0.2) is 37.4 Å². The van der Waals surface area contributed by atoms with Crippen LogP contribution in [0.25, 0.3) is 0 Å². The fourth-order valence-corrected chi connectivity index (χ4v) is 4.47. The number of carboxylic acids is 1. The lowest BCUT2D eigenvalue weighted by Crippen LogP contribution is -2.43. The van der Waals surface area contributed by atoms with E-state index in [0.717, 1.165) is 28.1 Å². The van der Waals surface area contributed by atoms with E-state index in [1.54, 1.807) is 19.2 Å². The molecule has 3 atom stereocenters. The molecule has 0 fully saturated rings. The third-order valence-electron chi connectivity index (χ3n) is 6.25. The van der Waals surface area contributed by atoms with E-state index in [4.69, 9.17) is 9.47 Å². The van der Waals surface area contributed by atoms with Gasteiger partial charge in [-0.15, -0.1) is 0 Å². The average molecular weight is 472 g/mol. The van der Waals surface area contributed by atoms with E-state index in [2.05, 4.69) is 35.8 Å². The maximum atomic E-state index is 11.2. The number of rotatable bonds is 9. The van der Waals surface area contributed by atoms with Gasteiger partial charge in [0.2, 0.25) is 0 Å². The number of hydrogen-bond donors (Lipinski definition) is 3. The molecule has 0 amide bonds. The van der Waals surface area contributed by atoms with Crippen molar-refractivity contribution in [3.8, 4) is 17.6 Å². The number of carboxylic acid groups (broad SMARTS) is 1. The number of nitrogens with zero attached hydrogens (tertiary/aromatic N) is 1. The van der Waals surface area contributed by atoms with Gasteiger partial charge in [-0.1, -0.05) is 55.5 Å². The molecule has 180 valence electrons. The molecule has 35 heavy (non-hydrogen) atoms. The van der Waals surface area contributed by atoms with E-state index < -0.39 is 5.97 Å². The van der Waals surface area contributed by atoms with Gasteiger partial charge >= 0.3 is 5.97 Å². The van der Waals surface area contributed by atoms with Crippen LogP contribution in [0.5, 0.6) is 11.5 Å². The lowest BCUT2D eigenvalue weighted by molar-refractivity contribution is -0.136. The monoisotopic (exact) mass is 471 g/mol. The Balaban J connectivity index is 1.57. The third-order valence-corrected chi connectivity index (χ3v) is 6.25. The molecule has 0 bridgehead atoms. The molecule has 7 nitrogen and oxygen atoms in total. The van der Waals surface area contributed by atoms with Gasteiger partial charge in [-0.2, -0.15) is 5.26 Å². The Hall–Kier alpha value is -4.02. The van der Waals surface area contributed by atoms with E-state index in [1.165, 1.54) is 0 Å². The number of nitriles is 1. The van der Waals surface area contributed by atoms with Crippen molar-refractivity contribution in [3.05, 3.63) is 89.0 Å². The van der Waals surface area contributed by atoms with Crippen molar-refractivity contribution in [1.29, 1.82) is 5.26 Å². The number of fused-ring (bicyclic) bond motifs is 1. The van der Waals surface area contributed by atoms with Gasteiger partial charge in [0.1, 0.15) is 17.9 Å². The fourth-order valence-electron chi connectivity index (χ4n) is 4.47. The maximum Gasteiger partial charge on any atom is 0.307 e. The standard InChI is InChI=1S/C28H29N3O4/c1-18(22-13-19(14-26(32)33)11-12-24(22)34-2)16-31-27(20-7-4-3-5-8-20)25-17-30-23-10-6-9-21(15-29)28(23)35-25/h3-13,18,25,27,30-31H,14,16-17H2,1-2H3,(H,32,33)/t18-,25+,27+/m0/s1. The number of benzene rings is 3. The van der Waals surface area contributed by atoms with E-state index in [-0.39, 0.29) is 24.5 Å². The summed E-state index contributed by atoms with van der Waals surface area (Å²) in [5.74, 6) is 0.483. The summed E-state index contributed by atoms with van der Waals surface area (Å²) >= 11 is 0. The number of carbonyl (C=O) groups is 1. The number of para-hydroxylation sites is 1. The maximum absolute atomic E-state index is 11.2. The van der Waals surface area contributed by atoms with E-state index in [9.17, 15) is 15.2 Å². The van der Waals surface area contributed by atoms with Crippen LogP contribution in [0.1, 0.15) is 41.1 Å². The molecule has 7 heteroatoms. The third kappa shape index (κ3) is 5.56. The zero-order valence-electron chi connectivity index (χ0n) is 19.8. The molecule has 0 saturated carbocycles. The molecule has 0 saturated heterocycles. The van der Waals surface area contributed by atoms with Crippen molar-refractivity contribution in [3.63, 3.8) is 0 Å². The van der Waals surface area contributed by atoms with Gasteiger partial charge in [0.05, 0.1) is 37.4 Å². The highest BCUT2D eigenvalue weighted by molar-refractivity contribution is 5.70. The average Bonchev–Trinajstić information content (AvgIpc) is 2.88. The minimum atomic E-state index is -0.866. The summed E-state index contributed by atoms with van der Waals surface area (Å²) in [6.07, 6.45) is -0.279. The van der Waals surface area contributed by atoms with E-state index in [0.29, 0.717) is 24.4 Å². The fraction of sp³-hybridized carbons (Fsp3) is 0.286. The quantitative estimate of drug-likeness (QED) is 0.422. The molecule has 3 aromatic rings. The molecule has 1 aliphatic rings. The molecule has 3 aromatic carbocycles. The highest BCUT2D eigenvalue weighted by Crippen LogP contribution is 2.36. The van der Waals surface area contributed by atoms with E-state index in [1.807, 2.05) is 42.5 Å². The second-order valence-corrected chi connectivity index (χ2v) is 8.68. The molecule has 1 heterocycles. The Bertz CT molecular complexity index is 1220. The van der Waals surface area contributed by atoms with E-state index >= 15 is 0 Å². The number of anilines is 1. The van der Waals surface area contributed by atoms with Crippen LogP contribution in [-0.2, 0) is 11.2 Å². The SMILES string of the molecule is COc1ccc(CC(=O)O)cc1[C@@H](C)CN[C@H](c1ccccc1)[C@H]1CNc2cccc(C#N)c2O1. The summed E-state index contributed by atoms with van der Waals surface area (Å²) in [6, 6.07) is 23.2.